The molecule has 2 N–H and O–H groups in total. The summed E-state index contributed by atoms with van der Waals surface area (Å²) < 4.78 is 5.98. The highest BCUT2D eigenvalue weighted by atomic mass is 16.5. The van der Waals surface area contributed by atoms with Crippen LogP contribution in [-0.4, -0.2) is 24.2 Å². The minimum Gasteiger partial charge on any atom is -0.489 e. The molecular weight excluding hydrogens is 334 g/mol. The highest BCUT2D eigenvalue weighted by molar-refractivity contribution is 5.53. The summed E-state index contributed by atoms with van der Waals surface area (Å²) in [6.07, 6.45) is 9.44. The number of hydrogen-bond acceptors (Lipinski definition) is 4. The minimum absolute atomic E-state index is 0.594. The molecule has 0 amide bonds. The SMILES string of the molecule is NCC1CCC(N2C=CN(c3cccc(OCc4ccccc4)c3)C2)CC1. The predicted molar refractivity (Wildman–Crippen MR) is 110 cm³/mol. The number of nitrogens with two attached hydrogens (primary N) is 1. The zero-order valence-corrected chi connectivity index (χ0v) is 15.8. The Morgan fingerprint density at radius 3 is 2.52 bits per heavy atom. The molecule has 0 bridgehead atoms. The van der Waals surface area contributed by atoms with Gasteiger partial charge in [-0.2, -0.15) is 0 Å². The smallest absolute Gasteiger partial charge is 0.121 e. The summed E-state index contributed by atoms with van der Waals surface area (Å²) in [6.45, 7) is 2.35. The molecule has 1 aliphatic carbocycles. The van der Waals surface area contributed by atoms with Gasteiger partial charge >= 0.3 is 0 Å². The first kappa shape index (κ1) is 17.9. The summed E-state index contributed by atoms with van der Waals surface area (Å²) in [4.78, 5) is 4.77. The van der Waals surface area contributed by atoms with Crippen molar-refractivity contribution in [1.29, 1.82) is 0 Å². The Kier molecular flexibility index (Phi) is 5.64. The van der Waals surface area contributed by atoms with E-state index in [1.807, 2.05) is 24.3 Å². The van der Waals surface area contributed by atoms with Gasteiger partial charge in [0.25, 0.3) is 0 Å². The summed E-state index contributed by atoms with van der Waals surface area (Å²) in [5, 5.41) is 0. The first-order valence-corrected chi connectivity index (χ1v) is 9.99. The first-order chi connectivity index (χ1) is 13.3. The van der Waals surface area contributed by atoms with Crippen LogP contribution in [0.1, 0.15) is 31.2 Å². The lowest BCUT2D eigenvalue weighted by molar-refractivity contribution is 0.199. The fourth-order valence-electron chi connectivity index (χ4n) is 4.05. The van der Waals surface area contributed by atoms with Crippen molar-refractivity contribution in [3.05, 3.63) is 72.6 Å². The van der Waals surface area contributed by atoms with Gasteiger partial charge in [0.1, 0.15) is 12.4 Å². The lowest BCUT2D eigenvalue weighted by atomic mass is 9.85. The van der Waals surface area contributed by atoms with Crippen molar-refractivity contribution in [1.82, 2.24) is 4.90 Å². The lowest BCUT2D eigenvalue weighted by Gasteiger charge is -2.35. The number of rotatable bonds is 6. The van der Waals surface area contributed by atoms with Crippen LogP contribution < -0.4 is 15.4 Å². The standard InChI is InChI=1S/C23H29N3O/c24-16-19-9-11-21(12-10-19)25-13-14-26(18-25)22-7-4-8-23(15-22)27-17-20-5-2-1-3-6-20/h1-8,13-15,19,21H,9-12,16-18,24H2. The molecule has 4 rings (SSSR count). The Morgan fingerprint density at radius 2 is 1.74 bits per heavy atom. The van der Waals surface area contributed by atoms with E-state index in [-0.39, 0.29) is 0 Å². The van der Waals surface area contributed by atoms with Crippen molar-refractivity contribution in [2.45, 2.75) is 38.3 Å². The highest BCUT2D eigenvalue weighted by Gasteiger charge is 2.26. The predicted octanol–water partition coefficient (Wildman–Crippen LogP) is 4.33. The van der Waals surface area contributed by atoms with Gasteiger partial charge in [-0.3, -0.25) is 0 Å². The maximum atomic E-state index is 5.98. The molecule has 1 fully saturated rings. The van der Waals surface area contributed by atoms with Crippen LogP contribution in [0.5, 0.6) is 5.75 Å². The molecule has 1 heterocycles. The third kappa shape index (κ3) is 4.45. The van der Waals surface area contributed by atoms with Crippen molar-refractivity contribution in [2.75, 3.05) is 18.1 Å². The monoisotopic (exact) mass is 363 g/mol. The zero-order chi connectivity index (χ0) is 18.5. The molecule has 4 heteroatoms. The molecule has 2 aliphatic rings. The summed E-state index contributed by atoms with van der Waals surface area (Å²) >= 11 is 0. The van der Waals surface area contributed by atoms with Crippen LogP contribution in [0.3, 0.4) is 0 Å². The van der Waals surface area contributed by atoms with E-state index in [2.05, 4.69) is 52.5 Å². The van der Waals surface area contributed by atoms with Crippen molar-refractivity contribution >= 4 is 5.69 Å². The maximum Gasteiger partial charge on any atom is 0.121 e. The van der Waals surface area contributed by atoms with Crippen LogP contribution in [0, 0.1) is 5.92 Å². The second-order valence-corrected chi connectivity index (χ2v) is 7.61. The van der Waals surface area contributed by atoms with Crippen LogP contribution in [-0.2, 0) is 6.61 Å². The molecule has 27 heavy (non-hydrogen) atoms. The molecule has 142 valence electrons. The first-order valence-electron chi connectivity index (χ1n) is 9.99. The van der Waals surface area contributed by atoms with Gasteiger partial charge in [0.2, 0.25) is 0 Å². The number of nitrogens with zero attached hydrogens (tertiary/aromatic N) is 2. The molecule has 1 saturated carbocycles. The Labute approximate surface area is 162 Å². The van der Waals surface area contributed by atoms with Gasteiger partial charge < -0.3 is 20.3 Å². The number of ether oxygens (including phenoxy) is 1. The van der Waals surface area contributed by atoms with Crippen molar-refractivity contribution in [3.8, 4) is 5.75 Å². The van der Waals surface area contributed by atoms with Gasteiger partial charge in [-0.1, -0.05) is 36.4 Å². The molecule has 0 spiro atoms. The van der Waals surface area contributed by atoms with Crippen molar-refractivity contribution in [2.24, 2.45) is 11.7 Å². The summed E-state index contributed by atoms with van der Waals surface area (Å²) in [7, 11) is 0. The minimum atomic E-state index is 0.594. The van der Waals surface area contributed by atoms with Crippen LogP contribution in [0.15, 0.2) is 67.0 Å². The second kappa shape index (κ2) is 8.49. The Balaban J connectivity index is 1.34. The molecule has 1 aliphatic heterocycles. The largest absolute Gasteiger partial charge is 0.489 e. The summed E-state index contributed by atoms with van der Waals surface area (Å²) in [5.74, 6) is 1.63. The van der Waals surface area contributed by atoms with Gasteiger partial charge in [-0.15, -0.1) is 0 Å². The molecule has 0 unspecified atom stereocenters. The fourth-order valence-corrected chi connectivity index (χ4v) is 4.05. The molecule has 0 atom stereocenters. The Hall–Kier alpha value is -2.46. The maximum absolute atomic E-state index is 5.98. The van der Waals surface area contributed by atoms with Gasteiger partial charge in [0, 0.05) is 30.2 Å². The molecule has 2 aromatic rings. The van der Waals surface area contributed by atoms with E-state index in [0.29, 0.717) is 12.6 Å². The summed E-state index contributed by atoms with van der Waals surface area (Å²) in [5.41, 5.74) is 8.19. The van der Waals surface area contributed by atoms with Gasteiger partial charge in [0.05, 0.1) is 6.67 Å². The van der Waals surface area contributed by atoms with E-state index < -0.39 is 0 Å². The third-order valence-corrected chi connectivity index (χ3v) is 5.77. The van der Waals surface area contributed by atoms with E-state index in [0.717, 1.165) is 24.9 Å². The van der Waals surface area contributed by atoms with E-state index in [4.69, 9.17) is 10.5 Å². The zero-order valence-electron chi connectivity index (χ0n) is 15.8. The quantitative estimate of drug-likeness (QED) is 0.829. The van der Waals surface area contributed by atoms with Crippen LogP contribution in [0.25, 0.3) is 0 Å². The number of anilines is 1. The Morgan fingerprint density at radius 1 is 0.926 bits per heavy atom. The summed E-state index contributed by atoms with van der Waals surface area (Å²) in [6, 6.07) is 19.3. The highest BCUT2D eigenvalue weighted by Crippen LogP contribution is 2.31. The van der Waals surface area contributed by atoms with Gasteiger partial charge in [-0.05, 0) is 55.8 Å². The van der Waals surface area contributed by atoms with E-state index in [1.165, 1.54) is 36.9 Å². The van der Waals surface area contributed by atoms with Crippen LogP contribution in [0.2, 0.25) is 0 Å². The van der Waals surface area contributed by atoms with Crippen LogP contribution in [0.4, 0.5) is 5.69 Å². The molecule has 0 radical (unpaired) electrons. The molecular formula is C23H29N3O. The lowest BCUT2D eigenvalue weighted by Crippen LogP contribution is -2.37. The third-order valence-electron chi connectivity index (χ3n) is 5.77. The van der Waals surface area contributed by atoms with E-state index in [1.54, 1.807) is 0 Å². The number of benzene rings is 2. The van der Waals surface area contributed by atoms with Gasteiger partial charge in [-0.25, -0.2) is 0 Å². The molecule has 2 aromatic carbocycles. The number of hydrogen-bond donors (Lipinski definition) is 1. The van der Waals surface area contributed by atoms with E-state index >= 15 is 0 Å². The topological polar surface area (TPSA) is 41.7 Å². The second-order valence-electron chi connectivity index (χ2n) is 7.61. The average Bonchev–Trinajstić information content (AvgIpc) is 3.24. The molecule has 0 aromatic heterocycles. The van der Waals surface area contributed by atoms with Crippen LogP contribution >= 0.6 is 0 Å². The normalized spacial score (nSPS) is 22.3. The molecule has 0 saturated heterocycles. The average molecular weight is 364 g/mol. The molecule has 4 nitrogen and oxygen atoms in total. The van der Waals surface area contributed by atoms with Crippen molar-refractivity contribution < 1.29 is 4.74 Å². The van der Waals surface area contributed by atoms with Crippen molar-refractivity contribution in [3.63, 3.8) is 0 Å². The fraction of sp³-hybridized carbons (Fsp3) is 0.391. The van der Waals surface area contributed by atoms with Gasteiger partial charge in [0.15, 0.2) is 0 Å². The Bertz CT molecular complexity index is 753. The van der Waals surface area contributed by atoms with E-state index in [9.17, 15) is 0 Å².